The van der Waals surface area contributed by atoms with E-state index < -0.39 is 5.41 Å². The fourth-order valence-electron chi connectivity index (χ4n) is 10.5. The van der Waals surface area contributed by atoms with Gasteiger partial charge in [0.15, 0.2) is 0 Å². The Morgan fingerprint density at radius 2 is 0.565 bits per heavy atom. The maximum Gasteiger partial charge on any atom is 0.0726 e. The normalized spacial score (nSPS) is 12.6. The van der Waals surface area contributed by atoms with Crippen LogP contribution in [0, 0.1) is 0 Å². The number of anilines is 3. The Kier molecular flexibility index (Phi) is 8.47. The second-order valence-corrected chi connectivity index (χ2v) is 16.3. The number of hydrogen-bond donors (Lipinski definition) is 0. The van der Waals surface area contributed by atoms with Gasteiger partial charge in [-0.1, -0.05) is 218 Å². The third-order valence-electron chi connectivity index (χ3n) is 13.1. The Hall–Kier alpha value is -8.00. The number of nitrogens with zero attached hydrogens (tertiary/aromatic N) is 1. The Labute approximate surface area is 363 Å². The zero-order valence-corrected chi connectivity index (χ0v) is 34.1. The van der Waals surface area contributed by atoms with Crippen molar-refractivity contribution in [2.24, 2.45) is 0 Å². The summed E-state index contributed by atoms with van der Waals surface area (Å²) in [5, 5.41) is 0. The fraction of sp³-hybridized carbons (Fsp3) is 0.0164. The van der Waals surface area contributed by atoms with Crippen LogP contribution < -0.4 is 4.90 Å². The molecule has 0 atom stereocenters. The van der Waals surface area contributed by atoms with Gasteiger partial charge in [-0.25, -0.2) is 0 Å². The fourth-order valence-corrected chi connectivity index (χ4v) is 10.5. The molecule has 0 saturated carbocycles. The highest BCUT2D eigenvalue weighted by molar-refractivity contribution is 6.03. The van der Waals surface area contributed by atoms with Crippen LogP contribution in [0.2, 0.25) is 0 Å². The Balaban J connectivity index is 1.15. The summed E-state index contributed by atoms with van der Waals surface area (Å²) in [6.07, 6.45) is 0. The molecular formula is C61H41N. The van der Waals surface area contributed by atoms with Crippen molar-refractivity contribution < 1.29 is 0 Å². The van der Waals surface area contributed by atoms with Crippen molar-refractivity contribution in [1.82, 2.24) is 0 Å². The molecule has 0 fully saturated rings. The monoisotopic (exact) mass is 787 g/mol. The first kappa shape index (κ1) is 35.9. The molecule has 1 heteroatoms. The Morgan fingerprint density at radius 1 is 0.226 bits per heavy atom. The van der Waals surface area contributed by atoms with E-state index in [1.54, 1.807) is 0 Å². The predicted molar refractivity (Wildman–Crippen MR) is 259 cm³/mol. The molecule has 0 saturated heterocycles. The van der Waals surface area contributed by atoms with Crippen LogP contribution in [0.3, 0.4) is 0 Å². The van der Waals surface area contributed by atoms with Gasteiger partial charge in [0.05, 0.1) is 11.1 Å². The average molecular weight is 788 g/mol. The van der Waals surface area contributed by atoms with E-state index in [1.165, 1.54) is 89.0 Å². The first-order valence-electron chi connectivity index (χ1n) is 21.5. The minimum atomic E-state index is -0.641. The van der Waals surface area contributed by atoms with E-state index >= 15 is 0 Å². The smallest absolute Gasteiger partial charge is 0.0726 e. The van der Waals surface area contributed by atoms with Gasteiger partial charge in [-0.15, -0.1) is 0 Å². The van der Waals surface area contributed by atoms with E-state index in [0.717, 1.165) is 17.1 Å². The van der Waals surface area contributed by atoms with E-state index in [1.807, 2.05) is 0 Å². The van der Waals surface area contributed by atoms with Crippen LogP contribution in [0.15, 0.2) is 249 Å². The van der Waals surface area contributed by atoms with E-state index in [2.05, 4.69) is 254 Å². The van der Waals surface area contributed by atoms with Gasteiger partial charge in [0, 0.05) is 16.9 Å². The zero-order chi connectivity index (χ0) is 41.0. The lowest BCUT2D eigenvalue weighted by Crippen LogP contribution is -2.30. The van der Waals surface area contributed by atoms with E-state index in [-0.39, 0.29) is 0 Å². The molecule has 2 aliphatic carbocycles. The van der Waals surface area contributed by atoms with Crippen molar-refractivity contribution in [1.29, 1.82) is 0 Å². The van der Waals surface area contributed by atoms with Crippen LogP contribution in [0.4, 0.5) is 17.1 Å². The summed E-state index contributed by atoms with van der Waals surface area (Å²) in [5.74, 6) is 0. The molecule has 62 heavy (non-hydrogen) atoms. The molecule has 10 aromatic carbocycles. The number of rotatable bonds is 5. The molecule has 0 aromatic heterocycles. The van der Waals surface area contributed by atoms with E-state index in [9.17, 15) is 0 Å². The summed E-state index contributed by atoms with van der Waals surface area (Å²) in [6.45, 7) is 0. The van der Waals surface area contributed by atoms with Crippen LogP contribution in [0.1, 0.15) is 22.3 Å². The van der Waals surface area contributed by atoms with Gasteiger partial charge in [-0.3, -0.25) is 0 Å². The molecule has 0 heterocycles. The lowest BCUT2D eigenvalue weighted by molar-refractivity contribution is 0.773. The molecule has 12 rings (SSSR count). The average Bonchev–Trinajstić information content (AvgIpc) is 3.67. The number of fused-ring (bicyclic) bond motifs is 14. The van der Waals surface area contributed by atoms with Crippen molar-refractivity contribution in [2.45, 2.75) is 5.41 Å². The number of para-hydroxylation sites is 1. The topological polar surface area (TPSA) is 3.24 Å². The molecule has 0 N–H and O–H groups in total. The number of benzene rings is 10. The molecular weight excluding hydrogens is 747 g/mol. The molecule has 290 valence electrons. The minimum Gasteiger partial charge on any atom is -0.310 e. The van der Waals surface area contributed by atoms with Crippen LogP contribution in [-0.4, -0.2) is 0 Å². The largest absolute Gasteiger partial charge is 0.310 e. The molecule has 2 aliphatic rings. The van der Waals surface area contributed by atoms with Gasteiger partial charge in [0.1, 0.15) is 0 Å². The summed E-state index contributed by atoms with van der Waals surface area (Å²) in [6, 6.07) is 91.9. The second kappa shape index (κ2) is 14.6. The SMILES string of the molecule is c1ccc(-c2ccc(-c3ccc(N(c4ccccc4)c4cccc5c4-c4ccccc4-c4ccccc4-c4ccccc4C54c5ccccc5-c5ccccc54)cc3)cc2)cc1. The lowest BCUT2D eigenvalue weighted by atomic mass is 9.64. The van der Waals surface area contributed by atoms with Crippen molar-refractivity contribution in [2.75, 3.05) is 4.90 Å². The van der Waals surface area contributed by atoms with Crippen LogP contribution in [0.25, 0.3) is 66.8 Å². The molecule has 1 nitrogen and oxygen atoms in total. The van der Waals surface area contributed by atoms with Crippen LogP contribution >= 0.6 is 0 Å². The summed E-state index contributed by atoms with van der Waals surface area (Å²) in [5.41, 5.74) is 22.5. The summed E-state index contributed by atoms with van der Waals surface area (Å²) in [7, 11) is 0. The maximum absolute atomic E-state index is 2.47. The van der Waals surface area contributed by atoms with Gasteiger partial charge in [0.25, 0.3) is 0 Å². The van der Waals surface area contributed by atoms with Gasteiger partial charge < -0.3 is 4.90 Å². The zero-order valence-electron chi connectivity index (χ0n) is 34.1. The first-order chi connectivity index (χ1) is 30.8. The van der Waals surface area contributed by atoms with Crippen molar-refractivity contribution in [3.8, 4) is 66.8 Å². The van der Waals surface area contributed by atoms with Gasteiger partial charge in [-0.05, 0) is 114 Å². The molecule has 10 aromatic rings. The predicted octanol–water partition coefficient (Wildman–Crippen LogP) is 16.2. The summed E-state index contributed by atoms with van der Waals surface area (Å²) < 4.78 is 0. The number of hydrogen-bond acceptors (Lipinski definition) is 1. The van der Waals surface area contributed by atoms with Crippen molar-refractivity contribution in [3.05, 3.63) is 271 Å². The van der Waals surface area contributed by atoms with Gasteiger partial charge in [-0.2, -0.15) is 0 Å². The highest BCUT2D eigenvalue weighted by atomic mass is 15.1. The third-order valence-corrected chi connectivity index (χ3v) is 13.1. The van der Waals surface area contributed by atoms with Crippen LogP contribution in [0.5, 0.6) is 0 Å². The summed E-state index contributed by atoms with van der Waals surface area (Å²) >= 11 is 0. The standard InChI is InChI=1S/C61H41N/c1-3-18-42(19-4-1)43-34-36-44(37-35-43)45-38-40-47(41-39-45)62(46-20-5-2-6-21-46)59-33-17-32-58-60(59)54-28-10-9-24-50(54)48-22-7-8-23-49(48)51-25-11-14-29-55(51)61(58)56-30-15-12-26-52(56)53-27-13-16-31-57(53)61/h1-41H. The highest BCUT2D eigenvalue weighted by Crippen LogP contribution is 2.62. The van der Waals surface area contributed by atoms with Crippen LogP contribution in [-0.2, 0) is 5.41 Å². The maximum atomic E-state index is 2.47. The Bertz CT molecular complexity index is 3230. The highest BCUT2D eigenvalue weighted by Gasteiger charge is 2.49. The van der Waals surface area contributed by atoms with Gasteiger partial charge >= 0.3 is 0 Å². The van der Waals surface area contributed by atoms with E-state index in [0.29, 0.717) is 0 Å². The lowest BCUT2D eigenvalue weighted by Gasteiger charge is -2.38. The van der Waals surface area contributed by atoms with E-state index in [4.69, 9.17) is 0 Å². The quantitative estimate of drug-likeness (QED) is 0.168. The molecule has 1 spiro atoms. The summed E-state index contributed by atoms with van der Waals surface area (Å²) in [4.78, 5) is 2.47. The first-order valence-corrected chi connectivity index (χ1v) is 21.5. The second-order valence-electron chi connectivity index (χ2n) is 16.3. The molecule has 0 bridgehead atoms. The Morgan fingerprint density at radius 3 is 1.10 bits per heavy atom. The third kappa shape index (κ3) is 5.49. The molecule has 0 aliphatic heterocycles. The minimum absolute atomic E-state index is 0.641. The van der Waals surface area contributed by atoms with Crippen molar-refractivity contribution >= 4 is 17.1 Å². The molecule has 0 amide bonds. The molecule has 0 radical (unpaired) electrons. The molecule has 0 unspecified atom stereocenters. The van der Waals surface area contributed by atoms with Gasteiger partial charge in [0.2, 0.25) is 0 Å². The van der Waals surface area contributed by atoms with Crippen molar-refractivity contribution in [3.63, 3.8) is 0 Å².